The number of Topliss-reactive ketones (excluding diaryl/α,β-unsaturated/α-hetero) is 1. The van der Waals surface area contributed by atoms with E-state index in [0.717, 1.165) is 0 Å². The zero-order valence-corrected chi connectivity index (χ0v) is 7.85. The van der Waals surface area contributed by atoms with E-state index in [2.05, 4.69) is 18.0 Å². The van der Waals surface area contributed by atoms with Gasteiger partial charge >= 0.3 is 5.97 Å². The van der Waals surface area contributed by atoms with E-state index in [9.17, 15) is 9.59 Å². The second-order valence-electron chi connectivity index (χ2n) is 2.62. The van der Waals surface area contributed by atoms with Gasteiger partial charge in [-0.05, 0) is 20.4 Å². The maximum absolute atomic E-state index is 10.8. The summed E-state index contributed by atoms with van der Waals surface area (Å²) in [5.74, 6) is -0.719. The third-order valence-corrected chi connectivity index (χ3v) is 1.14. The van der Waals surface area contributed by atoms with Crippen molar-refractivity contribution in [2.45, 2.75) is 20.3 Å². The number of rotatable bonds is 4. The van der Waals surface area contributed by atoms with Crippen molar-refractivity contribution in [3.05, 3.63) is 23.6 Å². The third-order valence-electron chi connectivity index (χ3n) is 1.14. The number of hydrogen-bond donors (Lipinski definition) is 0. The lowest BCUT2D eigenvalue weighted by Crippen LogP contribution is -2.09. The Morgan fingerprint density at radius 3 is 2.46 bits per heavy atom. The average Bonchev–Trinajstić information content (AvgIpc) is 2.00. The fourth-order valence-electron chi connectivity index (χ4n) is 0.630. The van der Waals surface area contributed by atoms with Gasteiger partial charge in [0.25, 0.3) is 0 Å². The molecule has 0 aliphatic heterocycles. The van der Waals surface area contributed by atoms with Crippen LogP contribution in [0, 0.1) is 0 Å². The van der Waals surface area contributed by atoms with Crippen LogP contribution in [-0.2, 0) is 14.3 Å². The standard InChI is InChI=1S/C10H12O3/c1-4-5-8(2)7-13-10(12)6-9(3)11/h1,6-7H2,2-3H3. The highest BCUT2D eigenvalue weighted by atomic mass is 16.5. The molecule has 3 nitrogen and oxygen atoms in total. The summed E-state index contributed by atoms with van der Waals surface area (Å²) in [5, 5.41) is 0. The summed E-state index contributed by atoms with van der Waals surface area (Å²) in [6.45, 7) is 6.53. The van der Waals surface area contributed by atoms with Crippen LogP contribution in [0.3, 0.4) is 0 Å². The lowest BCUT2D eigenvalue weighted by Gasteiger charge is -2.00. The third kappa shape index (κ3) is 6.82. The minimum atomic E-state index is -0.516. The van der Waals surface area contributed by atoms with Crippen molar-refractivity contribution in [2.75, 3.05) is 6.61 Å². The second kappa shape index (κ2) is 6.01. The van der Waals surface area contributed by atoms with Crippen molar-refractivity contribution in [3.8, 4) is 0 Å². The molecule has 0 rings (SSSR count). The topological polar surface area (TPSA) is 43.4 Å². The van der Waals surface area contributed by atoms with Gasteiger partial charge < -0.3 is 4.74 Å². The zero-order valence-electron chi connectivity index (χ0n) is 7.85. The first-order valence-electron chi connectivity index (χ1n) is 3.82. The summed E-state index contributed by atoms with van der Waals surface area (Å²) < 4.78 is 4.74. The summed E-state index contributed by atoms with van der Waals surface area (Å²) in [6, 6.07) is 0. The average molecular weight is 180 g/mol. The fourth-order valence-corrected chi connectivity index (χ4v) is 0.630. The molecule has 0 fully saturated rings. The van der Waals surface area contributed by atoms with Gasteiger partial charge in [-0.3, -0.25) is 9.59 Å². The van der Waals surface area contributed by atoms with Crippen LogP contribution in [0.4, 0.5) is 0 Å². The van der Waals surface area contributed by atoms with Crippen LogP contribution in [0.2, 0.25) is 0 Å². The van der Waals surface area contributed by atoms with E-state index in [1.54, 1.807) is 6.92 Å². The molecule has 0 radical (unpaired) electrons. The van der Waals surface area contributed by atoms with Gasteiger partial charge in [0.15, 0.2) is 0 Å². The smallest absolute Gasteiger partial charge is 0.313 e. The van der Waals surface area contributed by atoms with E-state index in [4.69, 9.17) is 4.74 Å². The van der Waals surface area contributed by atoms with Crippen molar-refractivity contribution < 1.29 is 14.3 Å². The molecular weight excluding hydrogens is 168 g/mol. The Kier molecular flexibility index (Phi) is 5.29. The SMILES string of the molecule is C=C=C=C(C)COC(=O)CC(C)=O. The van der Waals surface area contributed by atoms with Crippen LogP contribution in [-0.4, -0.2) is 18.4 Å². The van der Waals surface area contributed by atoms with Crippen molar-refractivity contribution >= 4 is 11.8 Å². The molecule has 0 bridgehead atoms. The van der Waals surface area contributed by atoms with Gasteiger partial charge in [-0.2, -0.15) is 0 Å². The maximum atomic E-state index is 10.8. The second-order valence-corrected chi connectivity index (χ2v) is 2.62. The fraction of sp³-hybridized carbons (Fsp3) is 0.400. The lowest BCUT2D eigenvalue weighted by molar-refractivity contribution is -0.144. The highest BCUT2D eigenvalue weighted by Crippen LogP contribution is 1.93. The molecule has 0 N–H and O–H groups in total. The van der Waals surface area contributed by atoms with Gasteiger partial charge in [0, 0.05) is 5.57 Å². The molecule has 0 aromatic carbocycles. The number of ketones is 1. The van der Waals surface area contributed by atoms with Crippen molar-refractivity contribution in [3.63, 3.8) is 0 Å². The van der Waals surface area contributed by atoms with Gasteiger partial charge in [-0.25, -0.2) is 0 Å². The molecule has 13 heavy (non-hydrogen) atoms. The highest BCUT2D eigenvalue weighted by Gasteiger charge is 2.05. The predicted octanol–water partition coefficient (Wildman–Crippen LogP) is 1.39. The molecule has 0 unspecified atom stereocenters. The summed E-state index contributed by atoms with van der Waals surface area (Å²) in [7, 11) is 0. The van der Waals surface area contributed by atoms with Gasteiger partial charge in [-0.1, -0.05) is 11.5 Å². The summed E-state index contributed by atoms with van der Waals surface area (Å²) in [4.78, 5) is 21.3. The summed E-state index contributed by atoms with van der Waals surface area (Å²) >= 11 is 0. The molecule has 3 heteroatoms. The Morgan fingerprint density at radius 1 is 1.38 bits per heavy atom. The normalized spacial score (nSPS) is 8.15. The summed E-state index contributed by atoms with van der Waals surface area (Å²) in [6.07, 6.45) is -0.176. The predicted molar refractivity (Wildman–Crippen MR) is 48.1 cm³/mol. The lowest BCUT2D eigenvalue weighted by atomic mass is 10.3. The molecule has 70 valence electrons. The number of carbonyl (C=O) groups is 2. The first kappa shape index (κ1) is 11.4. The first-order valence-corrected chi connectivity index (χ1v) is 3.82. The van der Waals surface area contributed by atoms with E-state index in [1.165, 1.54) is 6.92 Å². The molecular formula is C10H12O3. The van der Waals surface area contributed by atoms with E-state index in [1.807, 2.05) is 0 Å². The number of esters is 1. The monoisotopic (exact) mass is 180 g/mol. The maximum Gasteiger partial charge on any atom is 0.313 e. The van der Waals surface area contributed by atoms with Gasteiger partial charge in [0.05, 0.1) is 0 Å². The Hall–Kier alpha value is -1.56. The number of carbonyl (C=O) groups excluding carboxylic acids is 2. The molecule has 0 aromatic heterocycles. The minimum Gasteiger partial charge on any atom is -0.460 e. The molecule has 0 saturated carbocycles. The van der Waals surface area contributed by atoms with E-state index >= 15 is 0 Å². The number of hydrogen-bond acceptors (Lipinski definition) is 3. The van der Waals surface area contributed by atoms with Crippen LogP contribution in [0.1, 0.15) is 20.3 Å². The van der Waals surface area contributed by atoms with Crippen LogP contribution in [0.15, 0.2) is 23.6 Å². The van der Waals surface area contributed by atoms with Gasteiger partial charge in [0.2, 0.25) is 0 Å². The Balaban J connectivity index is 3.90. The molecule has 0 saturated heterocycles. The molecule has 0 heterocycles. The van der Waals surface area contributed by atoms with Crippen LogP contribution >= 0.6 is 0 Å². The highest BCUT2D eigenvalue weighted by molar-refractivity contribution is 5.94. The zero-order chi connectivity index (χ0) is 10.3. The molecule has 0 aromatic rings. The van der Waals surface area contributed by atoms with Crippen LogP contribution in [0.25, 0.3) is 0 Å². The van der Waals surface area contributed by atoms with Crippen LogP contribution in [0.5, 0.6) is 0 Å². The molecule has 0 amide bonds. The molecule has 0 spiro atoms. The minimum absolute atomic E-state index is 0.134. The Morgan fingerprint density at radius 2 is 2.00 bits per heavy atom. The first-order chi connectivity index (χ1) is 6.06. The quantitative estimate of drug-likeness (QED) is 0.373. The van der Waals surface area contributed by atoms with Crippen molar-refractivity contribution in [1.29, 1.82) is 0 Å². The molecule has 0 aliphatic rings. The van der Waals surface area contributed by atoms with E-state index < -0.39 is 5.97 Å². The van der Waals surface area contributed by atoms with Gasteiger partial charge in [0.1, 0.15) is 18.8 Å². The molecule has 0 aliphatic carbocycles. The van der Waals surface area contributed by atoms with E-state index in [0.29, 0.717) is 5.57 Å². The van der Waals surface area contributed by atoms with Crippen molar-refractivity contribution in [1.82, 2.24) is 0 Å². The molecule has 0 atom stereocenters. The Labute approximate surface area is 77.4 Å². The van der Waals surface area contributed by atoms with E-state index in [-0.39, 0.29) is 18.8 Å². The largest absolute Gasteiger partial charge is 0.460 e. The summed E-state index contributed by atoms with van der Waals surface area (Å²) in [5.41, 5.74) is 5.80. The Bertz CT molecular complexity index is 289. The van der Waals surface area contributed by atoms with Crippen LogP contribution < -0.4 is 0 Å². The van der Waals surface area contributed by atoms with Crippen molar-refractivity contribution in [2.24, 2.45) is 0 Å². The number of ether oxygens (including phenoxy) is 1. The van der Waals surface area contributed by atoms with Gasteiger partial charge in [-0.15, -0.1) is 0 Å².